The van der Waals surface area contributed by atoms with Gasteiger partial charge in [-0.3, -0.25) is 29.2 Å². The van der Waals surface area contributed by atoms with E-state index in [-0.39, 0.29) is 37.5 Å². The van der Waals surface area contributed by atoms with E-state index in [4.69, 9.17) is 19.2 Å². The molecule has 2 N–H and O–H groups in total. The van der Waals surface area contributed by atoms with Crippen LogP contribution in [0, 0.1) is 17.3 Å². The van der Waals surface area contributed by atoms with Gasteiger partial charge in [-0.25, -0.2) is 10.2 Å². The summed E-state index contributed by atoms with van der Waals surface area (Å²) in [4.78, 5) is 76.9. The lowest BCUT2D eigenvalue weighted by Gasteiger charge is -2.37. The molecule has 0 spiro atoms. The predicted molar refractivity (Wildman–Crippen MR) is 247 cm³/mol. The highest BCUT2D eigenvalue weighted by Crippen LogP contribution is 2.42. The van der Waals surface area contributed by atoms with Gasteiger partial charge in [-0.1, -0.05) is 58.0 Å². The number of aryl methyl sites for hydroxylation is 1. The molecule has 65 heavy (non-hydrogen) atoms. The maximum atomic E-state index is 14.7. The number of likely N-dealkylation sites (tertiary alicyclic amines) is 1. The van der Waals surface area contributed by atoms with Crippen LogP contribution in [0.2, 0.25) is 0 Å². The number of hydrazine groups is 1. The topological polar surface area (TPSA) is 165 Å². The molecule has 5 atom stereocenters. The molecule has 5 heterocycles. The summed E-state index contributed by atoms with van der Waals surface area (Å²) in [7, 11) is 4.59. The van der Waals surface area contributed by atoms with Crippen LogP contribution < -0.4 is 10.7 Å². The first-order valence-electron chi connectivity index (χ1n) is 22.9. The molecule has 0 aliphatic carbocycles. The second-order valence-electron chi connectivity index (χ2n) is 18.9. The Kier molecular flexibility index (Phi) is 14.3. The first kappa shape index (κ1) is 47.2. The Morgan fingerprint density at radius 1 is 1.02 bits per heavy atom. The Morgan fingerprint density at radius 2 is 1.78 bits per heavy atom. The van der Waals surface area contributed by atoms with Crippen molar-refractivity contribution >= 4 is 40.7 Å². The molecule has 2 saturated heterocycles. The van der Waals surface area contributed by atoms with Crippen molar-refractivity contribution in [3.8, 4) is 22.4 Å². The molecule has 2 aromatic carbocycles. The quantitative estimate of drug-likeness (QED) is 0.182. The van der Waals surface area contributed by atoms with E-state index >= 15 is 0 Å². The molecule has 3 aliphatic rings. The van der Waals surface area contributed by atoms with Gasteiger partial charge in [0.2, 0.25) is 11.8 Å². The average molecular weight is 892 g/mol. The molecule has 348 valence electrons. The fraction of sp³-hybridized carbons (Fsp3) is 0.520. The van der Waals surface area contributed by atoms with E-state index < -0.39 is 53.3 Å². The number of amides is 4. The number of fused-ring (bicyclic) bond motifs is 6. The Balaban J connectivity index is 1.29. The van der Waals surface area contributed by atoms with Crippen molar-refractivity contribution in [3.63, 3.8) is 0 Å². The lowest BCUT2D eigenvalue weighted by atomic mass is 9.84. The summed E-state index contributed by atoms with van der Waals surface area (Å²) in [6.07, 6.45) is 3.23. The van der Waals surface area contributed by atoms with Crippen LogP contribution in [0.3, 0.4) is 0 Å². The molecule has 15 nitrogen and oxygen atoms in total. The molecule has 4 aromatic rings. The van der Waals surface area contributed by atoms with Crippen LogP contribution >= 0.6 is 0 Å². The highest BCUT2D eigenvalue weighted by molar-refractivity contribution is 5.96. The number of rotatable bonds is 9. The van der Waals surface area contributed by atoms with Gasteiger partial charge < -0.3 is 33.9 Å². The third-order valence-electron chi connectivity index (χ3n) is 13.3. The molecule has 6 bridgehead atoms. The third kappa shape index (κ3) is 9.91. The Morgan fingerprint density at radius 3 is 2.51 bits per heavy atom. The second kappa shape index (κ2) is 19.7. The molecular weight excluding hydrogens is 827 g/mol. The van der Waals surface area contributed by atoms with Gasteiger partial charge >= 0.3 is 12.1 Å². The van der Waals surface area contributed by atoms with Crippen molar-refractivity contribution in [3.05, 3.63) is 77.6 Å². The van der Waals surface area contributed by atoms with Crippen molar-refractivity contribution in [2.45, 2.75) is 104 Å². The average Bonchev–Trinajstić information content (AvgIpc) is 3.92. The highest BCUT2D eigenvalue weighted by atomic mass is 16.5. The number of carbonyl (C=O) groups excluding carboxylic acids is 5. The van der Waals surface area contributed by atoms with E-state index in [1.807, 2.05) is 39.0 Å². The summed E-state index contributed by atoms with van der Waals surface area (Å²) in [5.74, 6) is -2.40. The van der Waals surface area contributed by atoms with Crippen LogP contribution in [0.5, 0.6) is 0 Å². The summed E-state index contributed by atoms with van der Waals surface area (Å²) in [6, 6.07) is 15.8. The largest absolute Gasteiger partial charge is 0.464 e. The van der Waals surface area contributed by atoms with Crippen molar-refractivity contribution in [2.24, 2.45) is 17.3 Å². The van der Waals surface area contributed by atoms with Crippen LogP contribution in [0.15, 0.2) is 60.8 Å². The third-order valence-corrected chi connectivity index (χ3v) is 13.3. The summed E-state index contributed by atoms with van der Waals surface area (Å²) in [5, 5.41) is 5.56. The van der Waals surface area contributed by atoms with Gasteiger partial charge in [0, 0.05) is 74.8 Å². The van der Waals surface area contributed by atoms with Gasteiger partial charge in [-0.2, -0.15) is 0 Å². The van der Waals surface area contributed by atoms with E-state index in [1.54, 1.807) is 20.4 Å². The van der Waals surface area contributed by atoms with E-state index in [1.165, 1.54) is 21.9 Å². The van der Waals surface area contributed by atoms with E-state index in [0.717, 1.165) is 50.1 Å². The zero-order valence-corrected chi connectivity index (χ0v) is 39.3. The lowest BCUT2D eigenvalue weighted by molar-refractivity contribution is -0.155. The number of esters is 1. The standard InChI is InChI=1S/C50H65N7O8/c1-10-56-41-19-18-34-26-37(41)38(44(56)36-16-12-21-51-42(36)31(4)63-8)27-50(5,6)29-65-48(61)39-17-13-22-57(53-39)47(60)40(25-32-14-11-15-33(34)24-32)52-45(58)43(30(2)3)54(7)46(59)35-20-23-55(28-35)49(62)64-9/h11-12,14-16,18-19,21,24,26,30-31,35,39-40,43,53H,10,13,17,20,22-23,25,27-29H2,1-9H3,(H,52,58)/t31-,35-,39-,40-,43-/m0/s1. The van der Waals surface area contributed by atoms with E-state index in [2.05, 4.69) is 72.5 Å². The summed E-state index contributed by atoms with van der Waals surface area (Å²) in [6.45, 7) is 13.8. The maximum Gasteiger partial charge on any atom is 0.409 e. The van der Waals surface area contributed by atoms with Crippen LogP contribution in [-0.4, -0.2) is 120 Å². The van der Waals surface area contributed by atoms with Gasteiger partial charge in [0.25, 0.3) is 5.91 Å². The molecule has 3 aliphatic heterocycles. The summed E-state index contributed by atoms with van der Waals surface area (Å²) in [5.41, 5.74) is 10.4. The Hall–Kier alpha value is -5.80. The molecule has 0 saturated carbocycles. The summed E-state index contributed by atoms with van der Waals surface area (Å²) >= 11 is 0. The van der Waals surface area contributed by atoms with Crippen molar-refractivity contribution < 1.29 is 38.2 Å². The predicted octanol–water partition coefficient (Wildman–Crippen LogP) is 6.32. The molecule has 2 aromatic heterocycles. The number of nitrogens with one attached hydrogen (secondary N) is 2. The normalized spacial score (nSPS) is 21.1. The number of aromatic nitrogens is 2. The zero-order valence-electron chi connectivity index (χ0n) is 39.3. The minimum Gasteiger partial charge on any atom is -0.464 e. The number of hydrogen-bond acceptors (Lipinski definition) is 10. The minimum atomic E-state index is -1.05. The minimum absolute atomic E-state index is 0.134. The van der Waals surface area contributed by atoms with Crippen LogP contribution in [0.4, 0.5) is 4.79 Å². The Labute approximate surface area is 382 Å². The smallest absolute Gasteiger partial charge is 0.409 e. The molecule has 2 fully saturated rings. The number of nitrogens with zero attached hydrogens (tertiary/aromatic N) is 5. The fourth-order valence-corrected chi connectivity index (χ4v) is 9.85. The van der Waals surface area contributed by atoms with Gasteiger partial charge in [-0.05, 0) is 92.0 Å². The van der Waals surface area contributed by atoms with Crippen molar-refractivity contribution in [2.75, 3.05) is 47.5 Å². The van der Waals surface area contributed by atoms with Crippen molar-refractivity contribution in [1.82, 2.24) is 35.1 Å². The van der Waals surface area contributed by atoms with Crippen LogP contribution in [0.25, 0.3) is 33.3 Å². The number of likely N-dealkylation sites (N-methyl/N-ethyl adjacent to an activating group) is 1. The van der Waals surface area contributed by atoms with Gasteiger partial charge in [-0.15, -0.1) is 0 Å². The van der Waals surface area contributed by atoms with Gasteiger partial charge in [0.05, 0.1) is 37.1 Å². The highest BCUT2D eigenvalue weighted by Gasteiger charge is 2.40. The number of ether oxygens (including phenoxy) is 3. The molecule has 0 unspecified atom stereocenters. The molecule has 15 heteroatoms. The number of pyridine rings is 1. The first-order chi connectivity index (χ1) is 31.0. The first-order valence-corrected chi connectivity index (χ1v) is 22.9. The van der Waals surface area contributed by atoms with Crippen LogP contribution in [-0.2, 0) is 52.8 Å². The Bertz CT molecular complexity index is 2430. The van der Waals surface area contributed by atoms with Crippen LogP contribution in [0.1, 0.15) is 83.7 Å². The lowest BCUT2D eigenvalue weighted by Crippen LogP contribution is -2.62. The maximum absolute atomic E-state index is 14.7. The SMILES string of the molecule is CCn1c(-c2cccnc2[C@H](C)OC)c2c3cc(ccc31)-c1cccc(c1)C[C@H](NC(=O)[C@H](C(C)C)N(C)C(=O)[C@H]1CCN(C(=O)OC)C1)C(=O)N1CCC[C@H](N1)C(=O)OCC(C)(C)C2. The summed E-state index contributed by atoms with van der Waals surface area (Å²) < 4.78 is 19.1. The zero-order chi connectivity index (χ0) is 46.7. The molecule has 4 amide bonds. The monoisotopic (exact) mass is 891 g/mol. The molecule has 0 radical (unpaired) electrons. The van der Waals surface area contributed by atoms with Crippen molar-refractivity contribution in [1.29, 1.82) is 0 Å². The second-order valence-corrected chi connectivity index (χ2v) is 18.9. The number of carbonyl (C=O) groups is 5. The number of hydrogen-bond donors (Lipinski definition) is 2. The molecular formula is C50H65N7O8. The number of benzene rings is 2. The fourth-order valence-electron chi connectivity index (χ4n) is 9.85. The number of cyclic esters (lactones) is 1. The van der Waals surface area contributed by atoms with Gasteiger partial charge in [0.1, 0.15) is 18.1 Å². The molecule has 7 rings (SSSR count). The van der Waals surface area contributed by atoms with Gasteiger partial charge in [0.15, 0.2) is 0 Å². The van der Waals surface area contributed by atoms with E-state index in [9.17, 15) is 24.0 Å². The van der Waals surface area contributed by atoms with E-state index in [0.29, 0.717) is 45.3 Å². The number of methoxy groups -OCH3 is 2.